The lowest BCUT2D eigenvalue weighted by Gasteiger charge is -2.19. The maximum Gasteiger partial charge on any atom is 0.214 e. The molecule has 104 valence electrons. The molecule has 3 rings (SSSR count). The van der Waals surface area contributed by atoms with E-state index in [0.29, 0.717) is 19.8 Å². The van der Waals surface area contributed by atoms with Crippen LogP contribution in [0.4, 0.5) is 10.1 Å². The largest absolute Gasteiger partial charge is 0.486 e. The molecule has 0 aliphatic carbocycles. The van der Waals surface area contributed by atoms with Crippen molar-refractivity contribution < 1.29 is 13.9 Å². The Morgan fingerprint density at radius 2 is 1.95 bits per heavy atom. The zero-order valence-electron chi connectivity index (χ0n) is 10.9. The molecule has 0 fully saturated rings. The van der Waals surface area contributed by atoms with Gasteiger partial charge in [0, 0.05) is 24.5 Å². The number of pyridine rings is 1. The molecule has 5 heteroatoms. The van der Waals surface area contributed by atoms with Gasteiger partial charge in [0.15, 0.2) is 11.5 Å². The van der Waals surface area contributed by atoms with Gasteiger partial charge >= 0.3 is 0 Å². The molecular weight excluding hydrogens is 259 g/mol. The van der Waals surface area contributed by atoms with E-state index < -0.39 is 5.95 Å². The van der Waals surface area contributed by atoms with Crippen LogP contribution in [0, 0.1) is 5.95 Å². The highest BCUT2D eigenvalue weighted by atomic mass is 19.1. The molecule has 0 saturated carbocycles. The summed E-state index contributed by atoms with van der Waals surface area (Å²) in [5.74, 6) is 1.11. The molecule has 1 aromatic heterocycles. The molecule has 2 heterocycles. The van der Waals surface area contributed by atoms with E-state index in [1.807, 2.05) is 18.2 Å². The van der Waals surface area contributed by atoms with Gasteiger partial charge in [-0.3, -0.25) is 0 Å². The van der Waals surface area contributed by atoms with Crippen LogP contribution < -0.4 is 14.8 Å². The Kier molecular flexibility index (Phi) is 3.67. The van der Waals surface area contributed by atoms with Gasteiger partial charge in [-0.2, -0.15) is 4.39 Å². The number of hydrogen-bond acceptors (Lipinski definition) is 4. The van der Waals surface area contributed by atoms with E-state index in [-0.39, 0.29) is 0 Å². The van der Waals surface area contributed by atoms with Gasteiger partial charge < -0.3 is 14.8 Å². The average Bonchev–Trinajstić information content (AvgIpc) is 2.47. The molecule has 0 radical (unpaired) electrons. The molecule has 0 atom stereocenters. The lowest BCUT2D eigenvalue weighted by atomic mass is 10.1. The fourth-order valence-corrected chi connectivity index (χ4v) is 2.11. The van der Waals surface area contributed by atoms with Gasteiger partial charge in [-0.15, -0.1) is 0 Å². The zero-order valence-corrected chi connectivity index (χ0v) is 10.9. The predicted octanol–water partition coefficient (Wildman–Crippen LogP) is 2.65. The third kappa shape index (κ3) is 2.99. The van der Waals surface area contributed by atoms with Gasteiger partial charge in [0.05, 0.1) is 0 Å². The van der Waals surface area contributed by atoms with E-state index >= 15 is 0 Å². The summed E-state index contributed by atoms with van der Waals surface area (Å²) in [5, 5.41) is 3.16. The van der Waals surface area contributed by atoms with Crippen molar-refractivity contribution in [2.75, 3.05) is 25.1 Å². The first-order chi connectivity index (χ1) is 9.81. The summed E-state index contributed by atoms with van der Waals surface area (Å²) < 4.78 is 23.9. The van der Waals surface area contributed by atoms with Crippen LogP contribution >= 0.6 is 0 Å². The minimum atomic E-state index is -0.477. The molecular formula is C15H15FN2O2. The number of halogens is 1. The van der Waals surface area contributed by atoms with Crippen molar-refractivity contribution in [3.05, 3.63) is 48.0 Å². The fraction of sp³-hybridized carbons (Fsp3) is 0.267. The summed E-state index contributed by atoms with van der Waals surface area (Å²) in [6.07, 6.45) is 2.27. The number of ether oxygens (including phenoxy) is 2. The van der Waals surface area contributed by atoms with Crippen LogP contribution in [0.25, 0.3) is 0 Å². The summed E-state index contributed by atoms with van der Waals surface area (Å²) in [6.45, 7) is 1.90. The first-order valence-corrected chi connectivity index (χ1v) is 6.55. The van der Waals surface area contributed by atoms with Crippen LogP contribution in [-0.2, 0) is 6.42 Å². The van der Waals surface area contributed by atoms with Crippen molar-refractivity contribution in [1.82, 2.24) is 4.98 Å². The summed E-state index contributed by atoms with van der Waals surface area (Å²) in [7, 11) is 0. The third-order valence-electron chi connectivity index (χ3n) is 3.08. The van der Waals surface area contributed by atoms with Crippen LogP contribution in [0.15, 0.2) is 36.5 Å². The minimum Gasteiger partial charge on any atom is -0.486 e. The molecule has 4 nitrogen and oxygen atoms in total. The molecule has 0 spiro atoms. The Labute approximate surface area is 116 Å². The quantitative estimate of drug-likeness (QED) is 0.870. The number of fused-ring (bicyclic) bond motifs is 1. The normalized spacial score (nSPS) is 13.1. The molecule has 0 unspecified atom stereocenters. The van der Waals surface area contributed by atoms with Crippen molar-refractivity contribution in [2.24, 2.45) is 0 Å². The summed E-state index contributed by atoms with van der Waals surface area (Å²) in [6, 6.07) is 9.05. The van der Waals surface area contributed by atoms with Crippen LogP contribution in [-0.4, -0.2) is 24.7 Å². The van der Waals surface area contributed by atoms with Crippen molar-refractivity contribution in [2.45, 2.75) is 6.42 Å². The second-order valence-electron chi connectivity index (χ2n) is 4.52. The second kappa shape index (κ2) is 5.77. The van der Waals surface area contributed by atoms with Crippen molar-refractivity contribution in [1.29, 1.82) is 0 Å². The molecule has 0 saturated heterocycles. The van der Waals surface area contributed by atoms with Gasteiger partial charge in [0.2, 0.25) is 5.95 Å². The van der Waals surface area contributed by atoms with Crippen LogP contribution in [0.3, 0.4) is 0 Å². The van der Waals surface area contributed by atoms with Gasteiger partial charge in [-0.05, 0) is 30.2 Å². The first-order valence-electron chi connectivity index (χ1n) is 6.55. The van der Waals surface area contributed by atoms with E-state index in [0.717, 1.165) is 29.2 Å². The van der Waals surface area contributed by atoms with E-state index in [9.17, 15) is 4.39 Å². The molecule has 1 aliphatic heterocycles. The second-order valence-corrected chi connectivity index (χ2v) is 4.52. The van der Waals surface area contributed by atoms with E-state index in [4.69, 9.17) is 9.47 Å². The number of nitrogens with one attached hydrogen (secondary N) is 1. The minimum absolute atomic E-state index is 0.477. The Bertz CT molecular complexity index is 604. The molecule has 1 aliphatic rings. The molecule has 2 aromatic rings. The summed E-state index contributed by atoms with van der Waals surface area (Å²) in [5.41, 5.74) is 1.88. The Balaban J connectivity index is 1.58. The maximum absolute atomic E-state index is 12.9. The number of aromatic nitrogens is 1. The molecule has 0 amide bonds. The number of benzene rings is 1. The van der Waals surface area contributed by atoms with E-state index in [2.05, 4.69) is 10.3 Å². The van der Waals surface area contributed by atoms with Crippen LogP contribution in [0.2, 0.25) is 0 Å². The Morgan fingerprint density at radius 1 is 1.10 bits per heavy atom. The van der Waals surface area contributed by atoms with Crippen LogP contribution in [0.5, 0.6) is 11.5 Å². The maximum atomic E-state index is 12.9. The van der Waals surface area contributed by atoms with Gasteiger partial charge in [0.25, 0.3) is 0 Å². The Hall–Kier alpha value is -2.30. The lowest BCUT2D eigenvalue weighted by Crippen LogP contribution is -2.15. The van der Waals surface area contributed by atoms with Gasteiger partial charge in [-0.25, -0.2) is 4.98 Å². The Morgan fingerprint density at radius 3 is 2.80 bits per heavy atom. The highest BCUT2D eigenvalue weighted by Gasteiger charge is 2.11. The summed E-state index contributed by atoms with van der Waals surface area (Å²) in [4.78, 5) is 3.52. The van der Waals surface area contributed by atoms with Gasteiger partial charge in [-0.1, -0.05) is 6.07 Å². The number of anilines is 1. The highest BCUT2D eigenvalue weighted by molar-refractivity contribution is 5.45. The van der Waals surface area contributed by atoms with Crippen molar-refractivity contribution in [3.8, 4) is 11.5 Å². The monoisotopic (exact) mass is 274 g/mol. The molecule has 20 heavy (non-hydrogen) atoms. The number of hydrogen-bond donors (Lipinski definition) is 1. The van der Waals surface area contributed by atoms with Crippen molar-refractivity contribution in [3.63, 3.8) is 0 Å². The lowest BCUT2D eigenvalue weighted by molar-refractivity contribution is 0.171. The number of rotatable bonds is 4. The van der Waals surface area contributed by atoms with E-state index in [1.54, 1.807) is 6.07 Å². The first kappa shape index (κ1) is 12.7. The van der Waals surface area contributed by atoms with Crippen LogP contribution in [0.1, 0.15) is 5.56 Å². The fourth-order valence-electron chi connectivity index (χ4n) is 2.11. The number of nitrogens with zero attached hydrogens (tertiary/aromatic N) is 1. The summed E-state index contributed by atoms with van der Waals surface area (Å²) >= 11 is 0. The van der Waals surface area contributed by atoms with Gasteiger partial charge in [0.1, 0.15) is 13.2 Å². The highest BCUT2D eigenvalue weighted by Crippen LogP contribution is 2.30. The standard InChI is InChI=1S/C15H15FN2O2/c16-15-10-12(4-6-18-15)17-5-3-11-1-2-13-14(9-11)20-8-7-19-13/h1-2,4,6,9-10H,3,5,7-8H2,(H,17,18). The topological polar surface area (TPSA) is 43.4 Å². The molecule has 1 N–H and O–H groups in total. The average molecular weight is 274 g/mol. The molecule has 0 bridgehead atoms. The van der Waals surface area contributed by atoms with Crippen molar-refractivity contribution >= 4 is 5.69 Å². The molecule has 1 aromatic carbocycles. The zero-order chi connectivity index (χ0) is 13.8. The SMILES string of the molecule is Fc1cc(NCCc2ccc3c(c2)OCCO3)ccn1. The smallest absolute Gasteiger partial charge is 0.214 e. The predicted molar refractivity (Wildman–Crippen MR) is 73.8 cm³/mol. The van der Waals surface area contributed by atoms with E-state index in [1.165, 1.54) is 12.3 Å². The third-order valence-corrected chi connectivity index (χ3v) is 3.08.